The molecule has 1 aromatic rings. The Labute approximate surface area is 303 Å². The van der Waals surface area contributed by atoms with Crippen LogP contribution in [0.2, 0.25) is 0 Å². The van der Waals surface area contributed by atoms with Gasteiger partial charge >= 0.3 is 53.8 Å². The predicted molar refractivity (Wildman–Crippen MR) is 167 cm³/mol. The Bertz CT molecular complexity index is 1460. The SMILES string of the molecule is COC(=O)[C@@]1(OC(=Nc2ccccc2)C(F)(F)F)C[C@H](OC(C)=O)[C@@H](NC(=O)OCC(Cl)(Cl)Cl)[C@H]([C@H](OC(C)=O)[C@@H](COC(C)=O)OC(C)=O)O1. The number of methoxy groups -OCH3 is 1. The van der Waals surface area contributed by atoms with Crippen LogP contribution < -0.4 is 5.32 Å². The molecule has 1 fully saturated rings. The van der Waals surface area contributed by atoms with E-state index in [1.54, 1.807) is 0 Å². The highest BCUT2D eigenvalue weighted by atomic mass is 35.6. The zero-order chi connectivity index (χ0) is 38.7. The first-order valence-electron chi connectivity index (χ1n) is 14.4. The van der Waals surface area contributed by atoms with Crippen molar-refractivity contribution in [2.45, 2.75) is 80.3 Å². The number of alkyl halides is 6. The average Bonchev–Trinajstić information content (AvgIpc) is 3.00. The fraction of sp³-hybridized carbons (Fsp3) is 0.552. The molecule has 1 N–H and O–H groups in total. The van der Waals surface area contributed by atoms with Crippen molar-refractivity contribution in [3.8, 4) is 0 Å². The van der Waals surface area contributed by atoms with Crippen LogP contribution in [0.5, 0.6) is 0 Å². The first kappa shape index (κ1) is 43.1. The summed E-state index contributed by atoms with van der Waals surface area (Å²) in [5.41, 5.74) is -0.293. The maximum absolute atomic E-state index is 14.5. The molecule has 1 aliphatic heterocycles. The lowest BCUT2D eigenvalue weighted by molar-refractivity contribution is -0.297. The van der Waals surface area contributed by atoms with Gasteiger partial charge in [-0.1, -0.05) is 53.0 Å². The number of halogens is 6. The second-order valence-electron chi connectivity index (χ2n) is 10.4. The van der Waals surface area contributed by atoms with Crippen LogP contribution in [-0.2, 0) is 61.9 Å². The van der Waals surface area contributed by atoms with E-state index >= 15 is 0 Å². The van der Waals surface area contributed by atoms with Crippen LogP contribution in [0.15, 0.2) is 35.3 Å². The van der Waals surface area contributed by atoms with Crippen LogP contribution in [0, 0.1) is 0 Å². The number of esters is 5. The topological polar surface area (TPSA) is 201 Å². The van der Waals surface area contributed by atoms with Crippen molar-refractivity contribution in [1.29, 1.82) is 0 Å². The molecule has 0 saturated carbocycles. The van der Waals surface area contributed by atoms with Gasteiger partial charge in [0.05, 0.1) is 25.3 Å². The lowest BCUT2D eigenvalue weighted by Gasteiger charge is -2.48. The fourth-order valence-electron chi connectivity index (χ4n) is 4.51. The summed E-state index contributed by atoms with van der Waals surface area (Å²) in [6.07, 6.45) is -16.1. The van der Waals surface area contributed by atoms with E-state index < -0.39 is 108 Å². The highest BCUT2D eigenvalue weighted by Gasteiger charge is 2.62. The first-order chi connectivity index (χ1) is 23.6. The van der Waals surface area contributed by atoms with Gasteiger partial charge in [0, 0.05) is 27.7 Å². The molecule has 2 rings (SSSR count). The highest BCUT2D eigenvalue weighted by molar-refractivity contribution is 6.67. The number of para-hydroxylation sites is 1. The van der Waals surface area contributed by atoms with Crippen LogP contribution in [0.1, 0.15) is 34.1 Å². The minimum Gasteiger partial charge on any atom is -0.464 e. The van der Waals surface area contributed by atoms with E-state index in [9.17, 15) is 41.9 Å². The first-order valence-corrected chi connectivity index (χ1v) is 15.5. The number of nitrogens with one attached hydrogen (secondary N) is 1. The van der Waals surface area contributed by atoms with Gasteiger partial charge in [-0.25, -0.2) is 14.6 Å². The highest BCUT2D eigenvalue weighted by Crippen LogP contribution is 2.39. The number of rotatable bonds is 12. The number of carbonyl (C=O) groups is 6. The molecule has 1 saturated heterocycles. The van der Waals surface area contributed by atoms with E-state index in [2.05, 4.69) is 10.3 Å². The quantitative estimate of drug-likeness (QED) is 0.105. The molecule has 0 spiro atoms. The number of aliphatic imine (C=N–C) groups is 1. The third-order valence-electron chi connectivity index (χ3n) is 6.27. The van der Waals surface area contributed by atoms with E-state index in [0.717, 1.165) is 34.8 Å². The number of nitrogens with zero attached hydrogens (tertiary/aromatic N) is 1. The normalized spacial score (nSPS) is 21.9. The minimum atomic E-state index is -5.42. The van der Waals surface area contributed by atoms with Crippen LogP contribution >= 0.6 is 34.8 Å². The van der Waals surface area contributed by atoms with Crippen LogP contribution in [0.25, 0.3) is 0 Å². The Morgan fingerprint density at radius 3 is 2.04 bits per heavy atom. The molecule has 0 unspecified atom stereocenters. The van der Waals surface area contributed by atoms with Crippen molar-refractivity contribution < 1.29 is 79.8 Å². The number of ether oxygens (including phenoxy) is 8. The molecule has 284 valence electrons. The van der Waals surface area contributed by atoms with Crippen molar-refractivity contribution in [3.05, 3.63) is 30.3 Å². The van der Waals surface area contributed by atoms with Crippen LogP contribution in [-0.4, -0.2) is 108 Å². The Hall–Kier alpha value is -4.07. The Kier molecular flexibility index (Phi) is 15.6. The monoisotopic (exact) mass is 794 g/mol. The van der Waals surface area contributed by atoms with Gasteiger partial charge in [0.1, 0.15) is 25.4 Å². The largest absolute Gasteiger partial charge is 0.468 e. The van der Waals surface area contributed by atoms with Crippen molar-refractivity contribution in [2.24, 2.45) is 4.99 Å². The van der Waals surface area contributed by atoms with Crippen molar-refractivity contribution in [2.75, 3.05) is 20.3 Å². The predicted octanol–water partition coefficient (Wildman–Crippen LogP) is 3.78. The van der Waals surface area contributed by atoms with Gasteiger partial charge in [-0.05, 0) is 12.1 Å². The van der Waals surface area contributed by atoms with Gasteiger partial charge in [-0.2, -0.15) is 13.2 Å². The summed E-state index contributed by atoms with van der Waals surface area (Å²) in [6.45, 7) is 1.84. The number of alkyl carbamates (subject to hydrolysis) is 1. The summed E-state index contributed by atoms with van der Waals surface area (Å²) in [4.78, 5) is 78.5. The van der Waals surface area contributed by atoms with Crippen molar-refractivity contribution in [3.63, 3.8) is 0 Å². The second-order valence-corrected chi connectivity index (χ2v) is 12.9. The van der Waals surface area contributed by atoms with Gasteiger partial charge < -0.3 is 43.2 Å². The van der Waals surface area contributed by atoms with Gasteiger partial charge in [0.25, 0.3) is 0 Å². The van der Waals surface area contributed by atoms with E-state index in [1.165, 1.54) is 30.3 Å². The standard InChI is InChI=1S/C29H32Cl3F3N2O14/c1-14(38)45-12-20(48-16(3)40)22(49-17(4)41)23-21(37-26(43)46-13-28(30,31)32)19(47-15(2)39)11-27(50-23,25(42)44-5)51-24(29(33,34)35)36-18-9-7-6-8-10-18/h6-10,19-23H,11-13H2,1-5H3,(H,37,43)/t19-,20+,21+,22+,23+,27-/m0/s1. The fourth-order valence-corrected chi connectivity index (χ4v) is 4.68. The molecule has 51 heavy (non-hydrogen) atoms. The van der Waals surface area contributed by atoms with Crippen LogP contribution in [0.3, 0.4) is 0 Å². The molecule has 16 nitrogen and oxygen atoms in total. The summed E-state index contributed by atoms with van der Waals surface area (Å²) < 4.78 is 82.8. The molecule has 6 atom stereocenters. The van der Waals surface area contributed by atoms with Crippen molar-refractivity contribution >= 4 is 82.3 Å². The lowest BCUT2D eigenvalue weighted by Crippen LogP contribution is -2.70. The maximum Gasteiger partial charge on any atom is 0.468 e. The zero-order valence-electron chi connectivity index (χ0n) is 27.3. The van der Waals surface area contributed by atoms with E-state index in [0.29, 0.717) is 0 Å². The second kappa shape index (κ2) is 18.4. The number of hydrogen-bond acceptors (Lipinski definition) is 15. The summed E-state index contributed by atoms with van der Waals surface area (Å²) in [5, 5.41) is 2.20. The molecular formula is C29H32Cl3F3N2O14. The van der Waals surface area contributed by atoms with Crippen molar-refractivity contribution in [1.82, 2.24) is 5.32 Å². The molecule has 0 bridgehead atoms. The Morgan fingerprint density at radius 1 is 0.941 bits per heavy atom. The van der Waals surface area contributed by atoms with E-state index in [4.69, 9.17) is 72.7 Å². The number of benzene rings is 1. The van der Waals surface area contributed by atoms with Crippen LogP contribution in [0.4, 0.5) is 23.7 Å². The molecular weight excluding hydrogens is 764 g/mol. The average molecular weight is 796 g/mol. The smallest absolute Gasteiger partial charge is 0.464 e. The molecule has 1 aliphatic rings. The van der Waals surface area contributed by atoms with Gasteiger partial charge in [0.15, 0.2) is 12.2 Å². The molecule has 0 aromatic heterocycles. The Balaban J connectivity index is 2.92. The minimum absolute atomic E-state index is 0.293. The molecule has 1 amide bonds. The lowest BCUT2D eigenvalue weighted by atomic mass is 9.88. The van der Waals surface area contributed by atoms with E-state index in [1.807, 2.05) is 0 Å². The summed E-state index contributed by atoms with van der Waals surface area (Å²) in [5.74, 6) is -11.3. The Morgan fingerprint density at radius 2 is 1.55 bits per heavy atom. The maximum atomic E-state index is 14.5. The van der Waals surface area contributed by atoms with Gasteiger partial charge in [0.2, 0.25) is 3.79 Å². The zero-order valence-corrected chi connectivity index (χ0v) is 29.6. The molecule has 0 aliphatic carbocycles. The third-order valence-corrected chi connectivity index (χ3v) is 6.59. The summed E-state index contributed by atoms with van der Waals surface area (Å²) in [6, 6.07) is 4.66. The van der Waals surface area contributed by atoms with E-state index in [-0.39, 0.29) is 5.69 Å². The summed E-state index contributed by atoms with van der Waals surface area (Å²) >= 11 is 16.9. The van der Waals surface area contributed by atoms with Gasteiger partial charge in [-0.3, -0.25) is 19.2 Å². The summed E-state index contributed by atoms with van der Waals surface area (Å²) in [7, 11) is 0.749. The number of amides is 1. The van der Waals surface area contributed by atoms with Gasteiger partial charge in [-0.15, -0.1) is 0 Å². The molecule has 1 heterocycles. The molecule has 1 aromatic carbocycles. The number of hydrogen-bond donors (Lipinski definition) is 1. The molecule has 0 radical (unpaired) electrons. The number of carbonyl (C=O) groups excluding carboxylic acids is 6. The molecule has 22 heteroatoms. The third kappa shape index (κ3) is 13.9.